The molecular formula is C19H14F3NO2. The molecule has 1 heterocycles. The summed E-state index contributed by atoms with van der Waals surface area (Å²) in [6, 6.07) is 14.2. The van der Waals surface area contributed by atoms with Gasteiger partial charge in [0.1, 0.15) is 24.3 Å². The topological polar surface area (TPSA) is 35.3 Å². The standard InChI is InChI=1S/C19H14F3NO2/c20-19(21,22)15-9-6-14(7-10-15)8-11-18-23-16(13-25-18)12-24-17-4-2-1-3-5-17/h1-11,13H,12H2/b11-8+. The molecule has 0 aliphatic heterocycles. The van der Waals surface area contributed by atoms with Gasteiger partial charge < -0.3 is 9.15 Å². The van der Waals surface area contributed by atoms with Crippen molar-refractivity contribution in [2.45, 2.75) is 12.8 Å². The van der Waals surface area contributed by atoms with Crippen LogP contribution in [0.3, 0.4) is 0 Å². The van der Waals surface area contributed by atoms with Crippen molar-refractivity contribution in [2.24, 2.45) is 0 Å². The second-order valence-corrected chi connectivity index (χ2v) is 5.23. The lowest BCUT2D eigenvalue weighted by Crippen LogP contribution is -2.03. The molecule has 0 saturated carbocycles. The lowest BCUT2D eigenvalue weighted by Gasteiger charge is -2.05. The molecule has 0 aliphatic rings. The molecule has 0 amide bonds. The van der Waals surface area contributed by atoms with Gasteiger partial charge in [0.2, 0.25) is 5.89 Å². The summed E-state index contributed by atoms with van der Waals surface area (Å²) in [5, 5.41) is 0. The predicted octanol–water partition coefficient (Wildman–Crippen LogP) is 5.44. The lowest BCUT2D eigenvalue weighted by molar-refractivity contribution is -0.137. The number of hydrogen-bond acceptors (Lipinski definition) is 3. The van der Waals surface area contributed by atoms with Gasteiger partial charge in [-0.2, -0.15) is 13.2 Å². The van der Waals surface area contributed by atoms with E-state index in [1.165, 1.54) is 18.4 Å². The van der Waals surface area contributed by atoms with Crippen LogP contribution in [0.15, 0.2) is 65.3 Å². The summed E-state index contributed by atoms with van der Waals surface area (Å²) >= 11 is 0. The number of para-hydroxylation sites is 1. The highest BCUT2D eigenvalue weighted by Gasteiger charge is 2.29. The predicted molar refractivity (Wildman–Crippen MR) is 87.6 cm³/mol. The maximum absolute atomic E-state index is 12.5. The van der Waals surface area contributed by atoms with E-state index in [9.17, 15) is 13.2 Å². The van der Waals surface area contributed by atoms with Crippen LogP contribution >= 0.6 is 0 Å². The molecule has 3 aromatic rings. The molecule has 128 valence electrons. The Hall–Kier alpha value is -3.02. The molecule has 1 aromatic heterocycles. The molecular weight excluding hydrogens is 331 g/mol. The summed E-state index contributed by atoms with van der Waals surface area (Å²) in [5.41, 5.74) is 0.560. The van der Waals surface area contributed by atoms with Gasteiger partial charge in [0.05, 0.1) is 5.56 Å². The fourth-order valence-corrected chi connectivity index (χ4v) is 2.09. The van der Waals surface area contributed by atoms with Gasteiger partial charge in [-0.15, -0.1) is 0 Å². The Morgan fingerprint density at radius 1 is 0.960 bits per heavy atom. The van der Waals surface area contributed by atoms with Gasteiger partial charge in [-0.1, -0.05) is 30.3 Å². The Morgan fingerprint density at radius 3 is 2.36 bits per heavy atom. The van der Waals surface area contributed by atoms with E-state index in [0.717, 1.165) is 17.9 Å². The van der Waals surface area contributed by atoms with Crippen molar-refractivity contribution in [3.8, 4) is 5.75 Å². The van der Waals surface area contributed by atoms with Crippen molar-refractivity contribution < 1.29 is 22.3 Å². The number of halogens is 3. The van der Waals surface area contributed by atoms with Crippen LogP contribution in [0.5, 0.6) is 5.75 Å². The largest absolute Gasteiger partial charge is 0.487 e. The minimum absolute atomic E-state index is 0.266. The summed E-state index contributed by atoms with van der Waals surface area (Å²) in [6.07, 6.45) is 0.371. The van der Waals surface area contributed by atoms with Gasteiger partial charge in [-0.3, -0.25) is 0 Å². The third-order valence-electron chi connectivity index (χ3n) is 3.36. The van der Waals surface area contributed by atoms with Crippen molar-refractivity contribution in [2.75, 3.05) is 0 Å². The normalized spacial score (nSPS) is 11.8. The fraction of sp³-hybridized carbons (Fsp3) is 0.105. The average molecular weight is 345 g/mol. The van der Waals surface area contributed by atoms with Gasteiger partial charge in [0.25, 0.3) is 0 Å². The average Bonchev–Trinajstić information content (AvgIpc) is 3.07. The third-order valence-corrected chi connectivity index (χ3v) is 3.36. The smallest absolute Gasteiger partial charge is 0.416 e. The van der Waals surface area contributed by atoms with Crippen LogP contribution in [0.4, 0.5) is 13.2 Å². The maximum atomic E-state index is 12.5. The molecule has 0 spiro atoms. The van der Waals surface area contributed by atoms with E-state index in [-0.39, 0.29) is 6.61 Å². The van der Waals surface area contributed by atoms with Crippen molar-refractivity contribution in [3.63, 3.8) is 0 Å². The molecule has 0 bridgehead atoms. The zero-order chi connectivity index (χ0) is 17.7. The molecule has 2 aromatic carbocycles. The minimum Gasteiger partial charge on any atom is -0.487 e. The zero-order valence-electron chi connectivity index (χ0n) is 13.0. The second-order valence-electron chi connectivity index (χ2n) is 5.23. The highest BCUT2D eigenvalue weighted by Crippen LogP contribution is 2.29. The second kappa shape index (κ2) is 7.25. The van der Waals surface area contributed by atoms with E-state index in [2.05, 4.69) is 4.98 Å². The number of oxazole rings is 1. The quantitative estimate of drug-likeness (QED) is 0.617. The van der Waals surface area contributed by atoms with E-state index in [1.54, 1.807) is 12.2 Å². The number of rotatable bonds is 5. The molecule has 0 unspecified atom stereocenters. The van der Waals surface area contributed by atoms with Crippen molar-refractivity contribution in [3.05, 3.63) is 83.6 Å². The van der Waals surface area contributed by atoms with Crippen LogP contribution in [-0.2, 0) is 12.8 Å². The van der Waals surface area contributed by atoms with Gasteiger partial charge in [-0.05, 0) is 35.9 Å². The molecule has 25 heavy (non-hydrogen) atoms. The summed E-state index contributed by atoms with van der Waals surface area (Å²) in [7, 11) is 0. The Labute approximate surface area is 142 Å². The molecule has 0 saturated heterocycles. The van der Waals surface area contributed by atoms with Gasteiger partial charge >= 0.3 is 6.18 Å². The number of ether oxygens (including phenoxy) is 1. The first-order chi connectivity index (χ1) is 12.0. The molecule has 6 heteroatoms. The maximum Gasteiger partial charge on any atom is 0.416 e. The van der Waals surface area contributed by atoms with Crippen LogP contribution in [0.1, 0.15) is 22.7 Å². The van der Waals surface area contributed by atoms with Gasteiger partial charge in [0, 0.05) is 6.08 Å². The van der Waals surface area contributed by atoms with E-state index in [1.807, 2.05) is 30.3 Å². The van der Waals surface area contributed by atoms with Crippen LogP contribution in [0.2, 0.25) is 0 Å². The van der Waals surface area contributed by atoms with Crippen LogP contribution in [0, 0.1) is 0 Å². The summed E-state index contributed by atoms with van der Waals surface area (Å²) in [6.45, 7) is 0.266. The summed E-state index contributed by atoms with van der Waals surface area (Å²) in [4.78, 5) is 4.24. The van der Waals surface area contributed by atoms with E-state index >= 15 is 0 Å². The van der Waals surface area contributed by atoms with Gasteiger partial charge in [0.15, 0.2) is 0 Å². The van der Waals surface area contributed by atoms with Crippen LogP contribution < -0.4 is 4.74 Å². The zero-order valence-corrected chi connectivity index (χ0v) is 13.0. The number of aromatic nitrogens is 1. The Kier molecular flexibility index (Phi) is 4.88. The highest BCUT2D eigenvalue weighted by molar-refractivity contribution is 5.66. The van der Waals surface area contributed by atoms with E-state index < -0.39 is 11.7 Å². The lowest BCUT2D eigenvalue weighted by atomic mass is 10.1. The van der Waals surface area contributed by atoms with Crippen molar-refractivity contribution in [1.82, 2.24) is 4.98 Å². The Balaban J connectivity index is 1.60. The molecule has 0 N–H and O–H groups in total. The highest BCUT2D eigenvalue weighted by atomic mass is 19.4. The fourth-order valence-electron chi connectivity index (χ4n) is 2.09. The number of alkyl halides is 3. The van der Waals surface area contributed by atoms with E-state index in [0.29, 0.717) is 17.1 Å². The summed E-state index contributed by atoms with van der Waals surface area (Å²) < 4.78 is 48.4. The first-order valence-electron chi connectivity index (χ1n) is 7.48. The third kappa shape index (κ3) is 4.73. The molecule has 0 aliphatic carbocycles. The van der Waals surface area contributed by atoms with Crippen molar-refractivity contribution in [1.29, 1.82) is 0 Å². The Bertz CT molecular complexity index is 837. The SMILES string of the molecule is FC(F)(F)c1ccc(/C=C/c2nc(COc3ccccc3)co2)cc1. The summed E-state index contributed by atoms with van der Waals surface area (Å²) in [5.74, 6) is 1.08. The molecule has 0 atom stereocenters. The first kappa shape index (κ1) is 16.8. The molecule has 0 radical (unpaired) electrons. The van der Waals surface area contributed by atoms with Crippen LogP contribution in [-0.4, -0.2) is 4.98 Å². The molecule has 3 nitrogen and oxygen atoms in total. The van der Waals surface area contributed by atoms with Crippen LogP contribution in [0.25, 0.3) is 12.2 Å². The minimum atomic E-state index is -4.33. The van der Waals surface area contributed by atoms with E-state index in [4.69, 9.17) is 9.15 Å². The number of benzene rings is 2. The first-order valence-corrected chi connectivity index (χ1v) is 7.48. The monoisotopic (exact) mass is 345 g/mol. The Morgan fingerprint density at radius 2 is 1.68 bits per heavy atom. The molecule has 3 rings (SSSR count). The molecule has 0 fully saturated rings. The van der Waals surface area contributed by atoms with Gasteiger partial charge in [-0.25, -0.2) is 4.98 Å². The number of hydrogen-bond donors (Lipinski definition) is 0. The van der Waals surface area contributed by atoms with Crippen molar-refractivity contribution >= 4 is 12.2 Å². The number of nitrogens with zero attached hydrogens (tertiary/aromatic N) is 1.